The van der Waals surface area contributed by atoms with Crippen molar-refractivity contribution in [2.24, 2.45) is 0 Å². The van der Waals surface area contributed by atoms with Crippen molar-refractivity contribution in [3.63, 3.8) is 0 Å². The number of amides is 1. The van der Waals surface area contributed by atoms with Gasteiger partial charge in [-0.15, -0.1) is 0 Å². The predicted octanol–water partition coefficient (Wildman–Crippen LogP) is 3.65. The third kappa shape index (κ3) is 4.66. The van der Waals surface area contributed by atoms with E-state index < -0.39 is 0 Å². The minimum absolute atomic E-state index is 0.111. The Morgan fingerprint density at radius 3 is 2.54 bits per heavy atom. The van der Waals surface area contributed by atoms with Crippen LogP contribution in [0.25, 0.3) is 11.1 Å². The molecular formula is C21H21N3O2. The number of aryl methyl sites for hydroxylation is 1. The molecule has 0 fully saturated rings. The van der Waals surface area contributed by atoms with E-state index in [1.54, 1.807) is 18.5 Å². The van der Waals surface area contributed by atoms with Gasteiger partial charge in [-0.3, -0.25) is 4.79 Å². The van der Waals surface area contributed by atoms with Gasteiger partial charge >= 0.3 is 0 Å². The summed E-state index contributed by atoms with van der Waals surface area (Å²) in [7, 11) is 0. The average Bonchev–Trinajstić information content (AvgIpc) is 2.69. The molecule has 0 aliphatic heterocycles. The molecule has 2 aromatic carbocycles. The quantitative estimate of drug-likeness (QED) is 0.663. The van der Waals surface area contributed by atoms with E-state index in [1.807, 2.05) is 49.4 Å². The van der Waals surface area contributed by atoms with E-state index in [0.717, 1.165) is 23.3 Å². The van der Waals surface area contributed by atoms with Crippen molar-refractivity contribution in [3.05, 3.63) is 78.4 Å². The molecule has 3 rings (SSSR count). The smallest absolute Gasteiger partial charge is 0.251 e. The summed E-state index contributed by atoms with van der Waals surface area (Å²) in [5, 5.41) is 2.94. The second kappa shape index (κ2) is 8.76. The fourth-order valence-electron chi connectivity index (χ4n) is 2.56. The van der Waals surface area contributed by atoms with Gasteiger partial charge in [-0.25, -0.2) is 9.97 Å². The number of nitrogens with one attached hydrogen (secondary N) is 1. The molecule has 0 unspecified atom stereocenters. The number of aromatic nitrogens is 2. The highest BCUT2D eigenvalue weighted by Gasteiger charge is 2.12. The molecule has 0 atom stereocenters. The molecule has 5 nitrogen and oxygen atoms in total. The first-order valence-electron chi connectivity index (χ1n) is 8.56. The molecule has 0 saturated heterocycles. The second-order valence-corrected chi connectivity index (χ2v) is 5.94. The van der Waals surface area contributed by atoms with Crippen LogP contribution < -0.4 is 10.1 Å². The molecule has 26 heavy (non-hydrogen) atoms. The summed E-state index contributed by atoms with van der Waals surface area (Å²) in [6, 6.07) is 15.4. The Labute approximate surface area is 153 Å². The van der Waals surface area contributed by atoms with Gasteiger partial charge in [0.05, 0.1) is 6.61 Å². The molecule has 0 saturated carbocycles. The van der Waals surface area contributed by atoms with Crippen LogP contribution in [-0.2, 0) is 0 Å². The summed E-state index contributed by atoms with van der Waals surface area (Å²) in [4.78, 5) is 20.6. The summed E-state index contributed by atoms with van der Waals surface area (Å²) < 4.78 is 5.67. The Hall–Kier alpha value is -3.21. The lowest BCUT2D eigenvalue weighted by Crippen LogP contribution is -2.26. The van der Waals surface area contributed by atoms with Gasteiger partial charge in [0.2, 0.25) is 0 Å². The zero-order chi connectivity index (χ0) is 18.2. The summed E-state index contributed by atoms with van der Waals surface area (Å²) in [5.41, 5.74) is 3.45. The van der Waals surface area contributed by atoms with Gasteiger partial charge in [0.1, 0.15) is 12.1 Å². The van der Waals surface area contributed by atoms with Crippen LogP contribution in [0.2, 0.25) is 0 Å². The minimum atomic E-state index is -0.111. The van der Waals surface area contributed by atoms with E-state index in [0.29, 0.717) is 18.7 Å². The van der Waals surface area contributed by atoms with E-state index in [2.05, 4.69) is 15.3 Å². The lowest BCUT2D eigenvalue weighted by Gasteiger charge is -2.10. The first kappa shape index (κ1) is 17.6. The van der Waals surface area contributed by atoms with E-state index in [4.69, 9.17) is 4.74 Å². The molecule has 0 spiro atoms. The van der Waals surface area contributed by atoms with Gasteiger partial charge in [0.15, 0.2) is 0 Å². The minimum Gasteiger partial charge on any atom is -0.494 e. The maximum atomic E-state index is 12.5. The van der Waals surface area contributed by atoms with Crippen molar-refractivity contribution in [1.29, 1.82) is 0 Å². The molecule has 3 aromatic rings. The van der Waals surface area contributed by atoms with Crippen molar-refractivity contribution >= 4 is 5.91 Å². The maximum Gasteiger partial charge on any atom is 0.251 e. The van der Waals surface area contributed by atoms with Crippen molar-refractivity contribution in [2.45, 2.75) is 13.3 Å². The van der Waals surface area contributed by atoms with Crippen molar-refractivity contribution in [2.75, 3.05) is 13.2 Å². The summed E-state index contributed by atoms with van der Waals surface area (Å²) in [5.74, 6) is 0.733. The van der Waals surface area contributed by atoms with Gasteiger partial charge in [0, 0.05) is 30.1 Å². The molecule has 132 valence electrons. The monoisotopic (exact) mass is 347 g/mol. The Kier molecular flexibility index (Phi) is 5.93. The molecule has 5 heteroatoms. The Bertz CT molecular complexity index is 849. The number of benzene rings is 2. The molecule has 0 radical (unpaired) electrons. The summed E-state index contributed by atoms with van der Waals surface area (Å²) >= 11 is 0. The Morgan fingerprint density at radius 1 is 1.04 bits per heavy atom. The lowest BCUT2D eigenvalue weighted by atomic mass is 10.0. The van der Waals surface area contributed by atoms with E-state index in [-0.39, 0.29) is 5.91 Å². The average molecular weight is 347 g/mol. The Balaban J connectivity index is 1.52. The summed E-state index contributed by atoms with van der Waals surface area (Å²) in [6.45, 7) is 3.14. The zero-order valence-corrected chi connectivity index (χ0v) is 14.7. The first-order chi connectivity index (χ1) is 12.7. The number of carbonyl (C=O) groups excluding carboxylic acids is 1. The number of hydrogen-bond donors (Lipinski definition) is 1. The highest BCUT2D eigenvalue weighted by molar-refractivity contribution is 6.00. The third-order valence-electron chi connectivity index (χ3n) is 3.94. The highest BCUT2D eigenvalue weighted by atomic mass is 16.5. The van der Waals surface area contributed by atoms with Crippen LogP contribution >= 0.6 is 0 Å². The lowest BCUT2D eigenvalue weighted by molar-refractivity contribution is 0.0952. The number of hydrogen-bond acceptors (Lipinski definition) is 4. The fraction of sp³-hybridized carbons (Fsp3) is 0.190. The van der Waals surface area contributed by atoms with Crippen LogP contribution in [-0.4, -0.2) is 29.0 Å². The van der Waals surface area contributed by atoms with Crippen LogP contribution in [0.3, 0.4) is 0 Å². The molecule has 0 aliphatic rings. The molecule has 1 heterocycles. The molecule has 0 bridgehead atoms. The summed E-state index contributed by atoms with van der Waals surface area (Å²) in [6.07, 6.45) is 5.61. The number of nitrogens with zero attached hydrogens (tertiary/aromatic N) is 2. The molecule has 1 aromatic heterocycles. The van der Waals surface area contributed by atoms with Gasteiger partial charge < -0.3 is 10.1 Å². The molecule has 1 N–H and O–H groups in total. The molecule has 0 aliphatic carbocycles. The fourth-order valence-corrected chi connectivity index (χ4v) is 2.56. The maximum absolute atomic E-state index is 12.5. The van der Waals surface area contributed by atoms with Gasteiger partial charge in [-0.2, -0.15) is 0 Å². The number of rotatable bonds is 7. The van der Waals surface area contributed by atoms with E-state index >= 15 is 0 Å². The number of ether oxygens (including phenoxy) is 1. The normalized spacial score (nSPS) is 10.3. The van der Waals surface area contributed by atoms with Gasteiger partial charge in [-0.1, -0.05) is 35.9 Å². The van der Waals surface area contributed by atoms with Crippen LogP contribution in [0, 0.1) is 6.92 Å². The van der Waals surface area contributed by atoms with Crippen LogP contribution in [0.5, 0.6) is 5.75 Å². The molecular weight excluding hydrogens is 326 g/mol. The van der Waals surface area contributed by atoms with Crippen LogP contribution in [0.1, 0.15) is 22.3 Å². The first-order valence-corrected chi connectivity index (χ1v) is 8.56. The van der Waals surface area contributed by atoms with E-state index in [1.165, 1.54) is 11.9 Å². The predicted molar refractivity (Wildman–Crippen MR) is 101 cm³/mol. The van der Waals surface area contributed by atoms with Crippen LogP contribution in [0.4, 0.5) is 0 Å². The SMILES string of the molecule is Cc1ccc(OCCCNC(=O)c2ccccc2-c2cncnc2)cc1. The second-order valence-electron chi connectivity index (χ2n) is 5.94. The van der Waals surface area contributed by atoms with Crippen LogP contribution in [0.15, 0.2) is 67.3 Å². The topological polar surface area (TPSA) is 64.1 Å². The van der Waals surface area contributed by atoms with Crippen molar-refractivity contribution < 1.29 is 9.53 Å². The number of carbonyl (C=O) groups is 1. The standard InChI is InChI=1S/C21H21N3O2/c1-16-7-9-18(10-8-16)26-12-4-11-24-21(25)20-6-3-2-5-19(20)17-13-22-15-23-14-17/h2-3,5-10,13-15H,4,11-12H2,1H3,(H,24,25). The van der Waals surface area contributed by atoms with E-state index in [9.17, 15) is 4.79 Å². The highest BCUT2D eigenvalue weighted by Crippen LogP contribution is 2.21. The molecule has 1 amide bonds. The third-order valence-corrected chi connectivity index (χ3v) is 3.94. The Morgan fingerprint density at radius 2 is 1.77 bits per heavy atom. The van der Waals surface area contributed by atoms with Gasteiger partial charge in [-0.05, 0) is 37.1 Å². The van der Waals surface area contributed by atoms with Crippen molar-refractivity contribution in [3.8, 4) is 16.9 Å². The largest absolute Gasteiger partial charge is 0.494 e. The van der Waals surface area contributed by atoms with Crippen molar-refractivity contribution in [1.82, 2.24) is 15.3 Å². The van der Waals surface area contributed by atoms with Gasteiger partial charge in [0.25, 0.3) is 5.91 Å². The zero-order valence-electron chi connectivity index (χ0n) is 14.7.